The van der Waals surface area contributed by atoms with Gasteiger partial charge in [0.15, 0.2) is 0 Å². The van der Waals surface area contributed by atoms with Crippen LogP contribution in [-0.4, -0.2) is 63.9 Å². The molecule has 0 saturated carbocycles. The molecule has 0 heterocycles. The molecule has 0 fully saturated rings. The largest absolute Gasteiger partial charge is 0.481 e. The number of carbonyl (C=O) groups is 3. The van der Waals surface area contributed by atoms with E-state index in [4.69, 9.17) is 0 Å². The Kier molecular flexibility index (Phi) is 26.2. The number of carboxylic acids is 3. The predicted molar refractivity (Wildman–Crippen MR) is 182 cm³/mol. The monoisotopic (exact) mass is 625 g/mol. The summed E-state index contributed by atoms with van der Waals surface area (Å²) in [5.41, 5.74) is 0. The molecular formula is C37H70NO6+. The summed E-state index contributed by atoms with van der Waals surface area (Å²) in [7, 11) is 0. The van der Waals surface area contributed by atoms with Crippen LogP contribution in [0.1, 0.15) is 163 Å². The Morgan fingerprint density at radius 3 is 1.09 bits per heavy atom. The van der Waals surface area contributed by atoms with Crippen LogP contribution >= 0.6 is 0 Å². The van der Waals surface area contributed by atoms with E-state index >= 15 is 0 Å². The van der Waals surface area contributed by atoms with Crippen LogP contribution in [0, 0.1) is 17.8 Å². The maximum atomic E-state index is 11.5. The Bertz CT molecular complexity index is 707. The molecule has 0 aliphatic rings. The summed E-state index contributed by atoms with van der Waals surface area (Å²) in [6, 6.07) is 0. The van der Waals surface area contributed by atoms with Gasteiger partial charge in [0.2, 0.25) is 0 Å². The van der Waals surface area contributed by atoms with E-state index in [1.165, 1.54) is 103 Å². The van der Waals surface area contributed by atoms with Crippen molar-refractivity contribution in [3.05, 3.63) is 12.2 Å². The summed E-state index contributed by atoms with van der Waals surface area (Å²) in [5.74, 6) is -3.91. The minimum absolute atomic E-state index is 0.480. The zero-order valence-electron chi connectivity index (χ0n) is 29.1. The molecule has 44 heavy (non-hydrogen) atoms. The molecule has 0 aromatic rings. The minimum atomic E-state index is -0.823. The molecule has 0 radical (unpaired) electrons. The van der Waals surface area contributed by atoms with Gasteiger partial charge >= 0.3 is 17.9 Å². The average molecular weight is 625 g/mol. The number of rotatable bonds is 32. The molecule has 0 amide bonds. The first kappa shape index (κ1) is 42.1. The molecule has 0 aromatic carbocycles. The molecule has 258 valence electrons. The van der Waals surface area contributed by atoms with Crippen molar-refractivity contribution in [1.82, 2.24) is 0 Å². The SMILES string of the molecule is CCCCCCCCCC/C=C/CCCCCCCCCC[N+](CCC(C)C(=O)O)(CCC(C)C(=O)O)CCC(C)C(=O)O. The van der Waals surface area contributed by atoms with Crippen LogP contribution in [0.2, 0.25) is 0 Å². The zero-order valence-corrected chi connectivity index (χ0v) is 29.1. The van der Waals surface area contributed by atoms with Crippen LogP contribution in [-0.2, 0) is 14.4 Å². The number of nitrogens with zero attached hydrogens (tertiary/aromatic N) is 1. The summed E-state index contributed by atoms with van der Waals surface area (Å²) < 4.78 is 0.611. The number of unbranched alkanes of at least 4 members (excludes halogenated alkanes) is 16. The van der Waals surface area contributed by atoms with Gasteiger partial charge in [0.1, 0.15) is 0 Å². The summed E-state index contributed by atoms with van der Waals surface area (Å²) in [4.78, 5) is 34.5. The fraction of sp³-hybridized carbons (Fsp3) is 0.865. The lowest BCUT2D eigenvalue weighted by atomic mass is 10.0. The average Bonchev–Trinajstić information content (AvgIpc) is 2.99. The molecule has 0 aliphatic carbocycles. The summed E-state index contributed by atoms with van der Waals surface area (Å²) in [5, 5.41) is 28.3. The van der Waals surface area contributed by atoms with Crippen LogP contribution in [0.3, 0.4) is 0 Å². The third kappa shape index (κ3) is 23.5. The molecule has 0 rings (SSSR count). The molecular weight excluding hydrogens is 554 g/mol. The number of quaternary nitrogens is 1. The van der Waals surface area contributed by atoms with Crippen molar-refractivity contribution in [3.8, 4) is 0 Å². The topological polar surface area (TPSA) is 112 Å². The maximum Gasteiger partial charge on any atom is 0.306 e. The van der Waals surface area contributed by atoms with Crippen molar-refractivity contribution in [1.29, 1.82) is 0 Å². The lowest BCUT2D eigenvalue weighted by molar-refractivity contribution is -0.929. The lowest BCUT2D eigenvalue weighted by Crippen LogP contribution is -2.52. The van der Waals surface area contributed by atoms with Gasteiger partial charge in [0.05, 0.1) is 43.9 Å². The van der Waals surface area contributed by atoms with Gasteiger partial charge in [0, 0.05) is 19.3 Å². The van der Waals surface area contributed by atoms with Crippen molar-refractivity contribution >= 4 is 17.9 Å². The molecule has 0 bridgehead atoms. The van der Waals surface area contributed by atoms with Crippen LogP contribution in [0.15, 0.2) is 12.2 Å². The van der Waals surface area contributed by atoms with Crippen LogP contribution in [0.25, 0.3) is 0 Å². The first-order chi connectivity index (χ1) is 21.0. The number of hydrogen-bond acceptors (Lipinski definition) is 3. The summed E-state index contributed by atoms with van der Waals surface area (Å²) in [6.07, 6.45) is 29.3. The van der Waals surface area contributed by atoms with Gasteiger partial charge in [-0.05, 0) is 38.5 Å². The van der Waals surface area contributed by atoms with Gasteiger partial charge < -0.3 is 19.8 Å². The van der Waals surface area contributed by atoms with E-state index in [1.54, 1.807) is 20.8 Å². The fourth-order valence-electron chi connectivity index (χ4n) is 5.85. The van der Waals surface area contributed by atoms with E-state index in [9.17, 15) is 29.7 Å². The Morgan fingerprint density at radius 2 is 0.773 bits per heavy atom. The van der Waals surface area contributed by atoms with Crippen LogP contribution < -0.4 is 0 Å². The Balaban J connectivity index is 4.42. The predicted octanol–water partition coefficient (Wildman–Crippen LogP) is 9.73. The zero-order chi connectivity index (χ0) is 33.1. The first-order valence-corrected chi connectivity index (χ1v) is 18.2. The number of allylic oxidation sites excluding steroid dienone is 2. The normalized spacial score (nSPS) is 15.2. The number of carboxylic acid groups (broad SMARTS) is 3. The Labute approximate surface area is 270 Å². The van der Waals surface area contributed by atoms with Crippen LogP contribution in [0.4, 0.5) is 0 Å². The molecule has 7 nitrogen and oxygen atoms in total. The van der Waals surface area contributed by atoms with Gasteiger partial charge in [-0.25, -0.2) is 0 Å². The van der Waals surface area contributed by atoms with Gasteiger partial charge in [-0.3, -0.25) is 14.4 Å². The molecule has 3 unspecified atom stereocenters. The first-order valence-electron chi connectivity index (χ1n) is 18.2. The van der Waals surface area contributed by atoms with E-state index in [-0.39, 0.29) is 0 Å². The second-order valence-electron chi connectivity index (χ2n) is 13.7. The quantitative estimate of drug-likeness (QED) is 0.0390. The maximum absolute atomic E-state index is 11.5. The van der Waals surface area contributed by atoms with E-state index in [0.717, 1.165) is 19.4 Å². The molecule has 0 spiro atoms. The second-order valence-corrected chi connectivity index (χ2v) is 13.7. The number of aliphatic carboxylic acids is 3. The highest BCUT2D eigenvalue weighted by atomic mass is 16.4. The highest BCUT2D eigenvalue weighted by Crippen LogP contribution is 2.22. The smallest absolute Gasteiger partial charge is 0.306 e. The van der Waals surface area contributed by atoms with Gasteiger partial charge in [-0.15, -0.1) is 0 Å². The Morgan fingerprint density at radius 1 is 0.477 bits per heavy atom. The summed E-state index contributed by atoms with van der Waals surface area (Å²) >= 11 is 0. The molecule has 3 atom stereocenters. The van der Waals surface area contributed by atoms with E-state index in [2.05, 4.69) is 19.1 Å². The molecule has 0 aromatic heterocycles. The highest BCUT2D eigenvalue weighted by Gasteiger charge is 2.31. The van der Waals surface area contributed by atoms with Crippen molar-refractivity contribution in [2.45, 2.75) is 163 Å². The second kappa shape index (κ2) is 27.4. The number of hydrogen-bond donors (Lipinski definition) is 3. The Hall–Kier alpha value is -1.89. The molecule has 0 aliphatic heterocycles. The lowest BCUT2D eigenvalue weighted by Gasteiger charge is -2.40. The molecule has 3 N–H and O–H groups in total. The van der Waals surface area contributed by atoms with Gasteiger partial charge in [-0.2, -0.15) is 0 Å². The van der Waals surface area contributed by atoms with Crippen molar-refractivity contribution in [2.24, 2.45) is 17.8 Å². The summed E-state index contributed by atoms with van der Waals surface area (Å²) in [6.45, 7) is 10.2. The van der Waals surface area contributed by atoms with Crippen LogP contribution in [0.5, 0.6) is 0 Å². The van der Waals surface area contributed by atoms with E-state index in [0.29, 0.717) is 43.4 Å². The third-order valence-electron chi connectivity index (χ3n) is 9.52. The van der Waals surface area contributed by atoms with E-state index < -0.39 is 35.7 Å². The van der Waals surface area contributed by atoms with Gasteiger partial charge in [-0.1, -0.05) is 117 Å². The fourth-order valence-corrected chi connectivity index (χ4v) is 5.85. The third-order valence-corrected chi connectivity index (χ3v) is 9.52. The van der Waals surface area contributed by atoms with Gasteiger partial charge in [0.25, 0.3) is 0 Å². The van der Waals surface area contributed by atoms with Crippen molar-refractivity contribution < 1.29 is 34.2 Å². The highest BCUT2D eigenvalue weighted by molar-refractivity contribution is 5.70. The molecule has 0 saturated heterocycles. The van der Waals surface area contributed by atoms with Crippen molar-refractivity contribution in [3.63, 3.8) is 0 Å². The van der Waals surface area contributed by atoms with E-state index in [1.807, 2.05) is 0 Å². The minimum Gasteiger partial charge on any atom is -0.481 e. The molecule has 7 heteroatoms. The standard InChI is InChI=1S/C37H69NO6/c1-5-6-7-8-9-10-11-12-13-14-15-16-17-18-19-20-21-22-23-24-28-38(29-25-32(2)35(39)40,30-26-33(3)36(41)42)31-27-34(4)37(43)44/h14-15,32-34H,5-13,16-31H2,1-4H3,(H2-,39,40,41,42,43,44)/p+1/b15-14+. The van der Waals surface area contributed by atoms with Crippen molar-refractivity contribution in [2.75, 3.05) is 26.2 Å².